The molecule has 0 saturated carbocycles. The average Bonchev–Trinajstić information content (AvgIpc) is 3.02. The minimum atomic E-state index is -0.948. The van der Waals surface area contributed by atoms with E-state index in [1.807, 2.05) is 30.5 Å². The largest absolute Gasteiger partial charge is 0.389 e. The van der Waals surface area contributed by atoms with Crippen molar-refractivity contribution in [3.05, 3.63) is 65.6 Å². The van der Waals surface area contributed by atoms with Crippen molar-refractivity contribution in [2.45, 2.75) is 65.2 Å². The lowest BCUT2D eigenvalue weighted by Gasteiger charge is -2.45. The highest BCUT2D eigenvalue weighted by molar-refractivity contribution is 5.79. The van der Waals surface area contributed by atoms with E-state index in [4.69, 9.17) is 0 Å². The summed E-state index contributed by atoms with van der Waals surface area (Å²) in [7, 11) is 0. The first-order valence-electron chi connectivity index (χ1n) is 9.83. The van der Waals surface area contributed by atoms with Crippen LogP contribution in [0.4, 0.5) is 4.39 Å². The molecule has 0 aliphatic rings. The Morgan fingerprint density at radius 1 is 1.07 bits per heavy atom. The van der Waals surface area contributed by atoms with Crippen LogP contribution in [0.25, 0.3) is 10.9 Å². The molecule has 1 unspecified atom stereocenters. The summed E-state index contributed by atoms with van der Waals surface area (Å²) in [5.41, 5.74) is 2.15. The van der Waals surface area contributed by atoms with Crippen LogP contribution in [0.15, 0.2) is 48.8 Å². The van der Waals surface area contributed by atoms with Crippen LogP contribution in [0, 0.1) is 5.41 Å². The lowest BCUT2D eigenvalue weighted by atomic mass is 9.64. The number of aromatic amines is 1. The molecule has 28 heavy (non-hydrogen) atoms. The van der Waals surface area contributed by atoms with Gasteiger partial charge >= 0.3 is 0 Å². The van der Waals surface area contributed by atoms with E-state index in [2.05, 4.69) is 50.7 Å². The van der Waals surface area contributed by atoms with Gasteiger partial charge in [-0.3, -0.25) is 4.98 Å². The van der Waals surface area contributed by atoms with Crippen molar-refractivity contribution < 1.29 is 9.50 Å². The normalized spacial score (nSPS) is 15.0. The van der Waals surface area contributed by atoms with Crippen molar-refractivity contribution in [2.24, 2.45) is 5.41 Å². The Balaban J connectivity index is 1.94. The number of benzene rings is 1. The third-order valence-corrected chi connectivity index (χ3v) is 5.95. The fourth-order valence-corrected chi connectivity index (χ4v) is 3.94. The van der Waals surface area contributed by atoms with Crippen molar-refractivity contribution >= 4 is 10.9 Å². The zero-order valence-corrected chi connectivity index (χ0v) is 17.5. The molecular weight excluding hydrogens is 351 g/mol. The number of H-pyrrole nitrogens is 1. The Labute approximate surface area is 167 Å². The molecule has 0 spiro atoms. The first kappa shape index (κ1) is 20.5. The SMILES string of the molecule is CC(C)(CC(O)(Cc1cc2cnccc2[nH]1)C(C)(C)C)c1cccc(CF)c1. The van der Waals surface area contributed by atoms with Crippen LogP contribution in [0.1, 0.15) is 57.9 Å². The topological polar surface area (TPSA) is 48.9 Å². The summed E-state index contributed by atoms with van der Waals surface area (Å²) >= 11 is 0. The first-order chi connectivity index (χ1) is 13.0. The lowest BCUT2D eigenvalue weighted by molar-refractivity contribution is -0.0775. The molecule has 1 atom stereocenters. The minimum Gasteiger partial charge on any atom is -0.389 e. The molecule has 3 nitrogen and oxygen atoms in total. The highest BCUT2D eigenvalue weighted by atomic mass is 19.1. The van der Waals surface area contributed by atoms with E-state index < -0.39 is 12.3 Å². The van der Waals surface area contributed by atoms with Crippen LogP contribution in [0.3, 0.4) is 0 Å². The van der Waals surface area contributed by atoms with Gasteiger partial charge in [0.15, 0.2) is 0 Å². The second-order valence-corrected chi connectivity index (χ2v) is 9.61. The van der Waals surface area contributed by atoms with Gasteiger partial charge in [0.25, 0.3) is 0 Å². The third-order valence-electron chi connectivity index (χ3n) is 5.95. The Kier molecular flexibility index (Phi) is 5.37. The monoisotopic (exact) mass is 382 g/mol. The van der Waals surface area contributed by atoms with Gasteiger partial charge in [-0.15, -0.1) is 0 Å². The maximum absolute atomic E-state index is 13.2. The number of rotatable bonds is 6. The Morgan fingerprint density at radius 3 is 2.46 bits per heavy atom. The molecule has 4 heteroatoms. The van der Waals surface area contributed by atoms with E-state index >= 15 is 0 Å². The second kappa shape index (κ2) is 7.32. The standard InChI is InChI=1S/C24H31FN2O/c1-22(2,3)24(28,13-20-12-18-15-26-10-9-21(18)27-20)16-23(4,5)19-8-6-7-17(11-19)14-25/h6-12,15,27-28H,13-14,16H2,1-5H3. The van der Waals surface area contributed by atoms with Crippen molar-refractivity contribution in [1.82, 2.24) is 9.97 Å². The van der Waals surface area contributed by atoms with Gasteiger partial charge in [-0.25, -0.2) is 4.39 Å². The van der Waals surface area contributed by atoms with Gasteiger partial charge in [0, 0.05) is 35.4 Å². The number of pyridine rings is 1. The van der Waals surface area contributed by atoms with Crippen LogP contribution >= 0.6 is 0 Å². The predicted molar refractivity (Wildman–Crippen MR) is 113 cm³/mol. The van der Waals surface area contributed by atoms with Gasteiger partial charge in [-0.2, -0.15) is 0 Å². The van der Waals surface area contributed by atoms with E-state index in [0.717, 1.165) is 22.2 Å². The van der Waals surface area contributed by atoms with Crippen LogP contribution in [0.2, 0.25) is 0 Å². The molecule has 1 aromatic carbocycles. The number of nitrogens with zero attached hydrogens (tertiary/aromatic N) is 1. The molecule has 0 radical (unpaired) electrons. The molecule has 0 amide bonds. The fourth-order valence-electron chi connectivity index (χ4n) is 3.94. The second-order valence-electron chi connectivity index (χ2n) is 9.61. The van der Waals surface area contributed by atoms with E-state index in [1.165, 1.54) is 0 Å². The molecular formula is C24H31FN2O. The number of halogens is 1. The number of fused-ring (bicyclic) bond motifs is 1. The molecule has 3 rings (SSSR count). The fraction of sp³-hybridized carbons (Fsp3) is 0.458. The van der Waals surface area contributed by atoms with E-state index in [1.54, 1.807) is 12.3 Å². The summed E-state index contributed by atoms with van der Waals surface area (Å²) in [5, 5.41) is 12.9. The van der Waals surface area contributed by atoms with Crippen molar-refractivity contribution in [2.75, 3.05) is 0 Å². The minimum absolute atomic E-state index is 0.305. The molecule has 0 bridgehead atoms. The van der Waals surface area contributed by atoms with Gasteiger partial charge in [0.2, 0.25) is 0 Å². The van der Waals surface area contributed by atoms with Gasteiger partial charge in [0.1, 0.15) is 6.67 Å². The van der Waals surface area contributed by atoms with Crippen LogP contribution in [-0.2, 0) is 18.5 Å². The molecule has 0 saturated heterocycles. The average molecular weight is 383 g/mol. The number of hydrogen-bond donors (Lipinski definition) is 2. The number of alkyl halides is 1. The van der Waals surface area contributed by atoms with Crippen molar-refractivity contribution in [1.29, 1.82) is 0 Å². The Hall–Kier alpha value is -2.20. The molecule has 2 heterocycles. The summed E-state index contributed by atoms with van der Waals surface area (Å²) in [5.74, 6) is 0. The molecule has 2 aromatic heterocycles. The molecule has 150 valence electrons. The summed E-state index contributed by atoms with van der Waals surface area (Å²) in [6, 6.07) is 11.6. The maximum Gasteiger partial charge on any atom is 0.115 e. The Bertz CT molecular complexity index is 921. The lowest BCUT2D eigenvalue weighted by Crippen LogP contribution is -2.49. The zero-order chi connectivity index (χ0) is 20.6. The quantitative estimate of drug-likeness (QED) is 0.573. The number of nitrogens with one attached hydrogen (secondary N) is 1. The van der Waals surface area contributed by atoms with Gasteiger partial charge in [-0.05, 0) is 40.5 Å². The molecule has 0 fully saturated rings. The van der Waals surface area contributed by atoms with E-state index in [0.29, 0.717) is 18.4 Å². The predicted octanol–water partition coefficient (Wildman–Crippen LogP) is 5.72. The van der Waals surface area contributed by atoms with Gasteiger partial charge in [-0.1, -0.05) is 58.9 Å². The van der Waals surface area contributed by atoms with E-state index in [-0.39, 0.29) is 10.8 Å². The highest BCUT2D eigenvalue weighted by Crippen LogP contribution is 2.43. The van der Waals surface area contributed by atoms with Crippen molar-refractivity contribution in [3.63, 3.8) is 0 Å². The van der Waals surface area contributed by atoms with Gasteiger partial charge < -0.3 is 10.1 Å². The van der Waals surface area contributed by atoms with Crippen LogP contribution in [0.5, 0.6) is 0 Å². The third kappa shape index (κ3) is 4.12. The summed E-state index contributed by atoms with van der Waals surface area (Å²) < 4.78 is 13.2. The molecule has 0 aliphatic carbocycles. The van der Waals surface area contributed by atoms with Gasteiger partial charge in [0.05, 0.1) is 5.60 Å². The van der Waals surface area contributed by atoms with Crippen LogP contribution < -0.4 is 0 Å². The molecule has 3 aromatic rings. The Morgan fingerprint density at radius 2 is 1.82 bits per heavy atom. The van der Waals surface area contributed by atoms with Crippen molar-refractivity contribution in [3.8, 4) is 0 Å². The number of aromatic nitrogens is 2. The summed E-state index contributed by atoms with van der Waals surface area (Å²) in [6.07, 6.45) is 4.67. The summed E-state index contributed by atoms with van der Waals surface area (Å²) in [6.45, 7) is 9.99. The maximum atomic E-state index is 13.2. The zero-order valence-electron chi connectivity index (χ0n) is 17.5. The summed E-state index contributed by atoms with van der Waals surface area (Å²) in [4.78, 5) is 7.59. The van der Waals surface area contributed by atoms with E-state index in [9.17, 15) is 9.50 Å². The smallest absolute Gasteiger partial charge is 0.115 e. The number of hydrogen-bond acceptors (Lipinski definition) is 2. The van der Waals surface area contributed by atoms with Crippen LogP contribution in [-0.4, -0.2) is 20.7 Å². The number of aliphatic hydroxyl groups is 1. The molecule has 0 aliphatic heterocycles. The highest BCUT2D eigenvalue weighted by Gasteiger charge is 2.44. The first-order valence-corrected chi connectivity index (χ1v) is 9.83. The molecule has 2 N–H and O–H groups in total.